The molecule has 0 bridgehead atoms. The van der Waals surface area contributed by atoms with E-state index in [2.05, 4.69) is 11.6 Å². The van der Waals surface area contributed by atoms with Gasteiger partial charge in [-0.15, -0.1) is 0 Å². The minimum absolute atomic E-state index is 0.00377. The second-order valence-corrected chi connectivity index (χ2v) is 9.95. The summed E-state index contributed by atoms with van der Waals surface area (Å²) in [6.07, 6.45) is 2.04. The van der Waals surface area contributed by atoms with Gasteiger partial charge >= 0.3 is 11.9 Å². The number of hydrogen-bond donors (Lipinski definition) is 1. The van der Waals surface area contributed by atoms with Gasteiger partial charge in [0.2, 0.25) is 0 Å². The Balaban J connectivity index is 1.64. The van der Waals surface area contributed by atoms with Crippen molar-refractivity contribution >= 4 is 39.9 Å². The molecule has 1 fully saturated rings. The monoisotopic (exact) mass is 534 g/mol. The Morgan fingerprint density at radius 3 is 2.74 bits per heavy atom. The van der Waals surface area contributed by atoms with Crippen LogP contribution in [0.2, 0.25) is 0 Å². The molecule has 194 valence electrons. The Morgan fingerprint density at radius 1 is 1.29 bits per heavy atom. The van der Waals surface area contributed by atoms with Crippen molar-refractivity contribution in [1.29, 1.82) is 0 Å². The number of halogens is 1. The predicted octanol–water partition coefficient (Wildman–Crippen LogP) is 4.88. The van der Waals surface area contributed by atoms with Crippen molar-refractivity contribution in [2.45, 2.75) is 32.4 Å². The molecule has 3 aromatic rings. The molecule has 38 heavy (non-hydrogen) atoms. The summed E-state index contributed by atoms with van der Waals surface area (Å²) in [4.78, 5) is 44.9. The van der Waals surface area contributed by atoms with Crippen LogP contribution in [0, 0.1) is 12.7 Å². The molecule has 1 N–H and O–H groups in total. The number of amides is 1. The first-order chi connectivity index (χ1) is 18.2. The molecule has 2 aromatic carbocycles. The van der Waals surface area contributed by atoms with Gasteiger partial charge in [-0.05, 0) is 55.3 Å². The van der Waals surface area contributed by atoms with Crippen molar-refractivity contribution in [3.05, 3.63) is 93.8 Å². The van der Waals surface area contributed by atoms with E-state index >= 15 is 0 Å². The fourth-order valence-corrected chi connectivity index (χ4v) is 5.58. The maximum atomic E-state index is 13.8. The molecule has 0 aliphatic carbocycles. The lowest BCUT2D eigenvalue weighted by Crippen LogP contribution is -2.29. The van der Waals surface area contributed by atoms with Gasteiger partial charge in [0.1, 0.15) is 34.9 Å². The van der Waals surface area contributed by atoms with Gasteiger partial charge < -0.3 is 14.6 Å². The Morgan fingerprint density at radius 2 is 2.03 bits per heavy atom. The standard InChI is InChI=1S/C28H23FN2O6S/c1-4-11-36-27(35)25-15(3)30-28(38-25)31-22(16-5-8-19(29)9-6-16)21(24(33)26(31)34)23(32)17-7-10-20-18(13-17)12-14(2)37-20/h4-10,13-14,22,32H,1,11-12H2,2-3H3/t14-,22-/m0/s1. The summed E-state index contributed by atoms with van der Waals surface area (Å²) < 4.78 is 24.6. The third kappa shape index (κ3) is 4.37. The highest BCUT2D eigenvalue weighted by Gasteiger charge is 2.48. The number of esters is 1. The van der Waals surface area contributed by atoms with Crippen LogP contribution in [-0.2, 0) is 20.7 Å². The normalized spacial score (nSPS) is 19.8. The molecule has 1 amide bonds. The second-order valence-electron chi connectivity index (χ2n) is 8.97. The number of aryl methyl sites for hydroxylation is 1. The minimum Gasteiger partial charge on any atom is -0.507 e. The van der Waals surface area contributed by atoms with E-state index in [-0.39, 0.29) is 34.1 Å². The average Bonchev–Trinajstić information content (AvgIpc) is 3.54. The van der Waals surface area contributed by atoms with Crippen molar-refractivity contribution in [2.24, 2.45) is 0 Å². The number of hydrogen-bond acceptors (Lipinski definition) is 8. The number of anilines is 1. The summed E-state index contributed by atoms with van der Waals surface area (Å²) in [5, 5.41) is 11.4. The third-order valence-electron chi connectivity index (χ3n) is 6.31. The Labute approximate surface area is 221 Å². The number of ether oxygens (including phenoxy) is 2. The van der Waals surface area contributed by atoms with E-state index in [1.165, 1.54) is 30.3 Å². The predicted molar refractivity (Wildman–Crippen MR) is 139 cm³/mol. The molecule has 1 saturated heterocycles. The SMILES string of the molecule is C=CCOC(=O)c1sc(N2C(=O)C(=O)C(=C(O)c3ccc4c(c3)C[C@H](C)O4)[C@@H]2c2ccc(F)cc2)nc1C. The molecule has 5 rings (SSSR count). The molecule has 3 heterocycles. The number of nitrogens with zero attached hydrogens (tertiary/aromatic N) is 2. The van der Waals surface area contributed by atoms with Gasteiger partial charge in [-0.25, -0.2) is 14.2 Å². The van der Waals surface area contributed by atoms with Crippen LogP contribution in [0.15, 0.2) is 60.7 Å². The number of thiazole rings is 1. The topological polar surface area (TPSA) is 106 Å². The molecule has 2 aliphatic heterocycles. The number of aliphatic hydroxyl groups is 1. The van der Waals surface area contributed by atoms with E-state index in [4.69, 9.17) is 9.47 Å². The molecule has 0 radical (unpaired) electrons. The number of rotatable bonds is 6. The maximum Gasteiger partial charge on any atom is 0.350 e. The molecular weight excluding hydrogens is 511 g/mol. The number of Topliss-reactive ketones (excluding diaryl/α,β-unsaturated/α-hetero) is 1. The van der Waals surface area contributed by atoms with Crippen LogP contribution in [0.5, 0.6) is 5.75 Å². The average molecular weight is 535 g/mol. The van der Waals surface area contributed by atoms with Crippen LogP contribution in [0.1, 0.15) is 45.0 Å². The fourth-order valence-electron chi connectivity index (χ4n) is 4.59. The van der Waals surface area contributed by atoms with Gasteiger partial charge in [0.05, 0.1) is 17.3 Å². The Kier molecular flexibility index (Phi) is 6.58. The summed E-state index contributed by atoms with van der Waals surface area (Å²) in [6.45, 7) is 7.02. The fraction of sp³-hybridized carbons (Fsp3) is 0.214. The van der Waals surface area contributed by atoms with E-state index < -0.39 is 29.5 Å². The van der Waals surface area contributed by atoms with E-state index in [0.29, 0.717) is 29.0 Å². The van der Waals surface area contributed by atoms with Gasteiger partial charge in [0.15, 0.2) is 5.13 Å². The summed E-state index contributed by atoms with van der Waals surface area (Å²) in [5.74, 6) is -2.68. The van der Waals surface area contributed by atoms with Crippen molar-refractivity contribution in [3.8, 4) is 5.75 Å². The number of aliphatic hydroxyl groups excluding tert-OH is 1. The molecule has 2 aliphatic rings. The largest absolute Gasteiger partial charge is 0.507 e. The molecule has 0 spiro atoms. The minimum atomic E-state index is -1.11. The number of ketones is 1. The summed E-state index contributed by atoms with van der Waals surface area (Å²) >= 11 is 0.887. The second kappa shape index (κ2) is 9.86. The zero-order valence-electron chi connectivity index (χ0n) is 20.6. The van der Waals surface area contributed by atoms with Gasteiger partial charge in [-0.2, -0.15) is 0 Å². The van der Waals surface area contributed by atoms with Crippen LogP contribution >= 0.6 is 11.3 Å². The first-order valence-electron chi connectivity index (χ1n) is 11.8. The van der Waals surface area contributed by atoms with Gasteiger partial charge in [0.25, 0.3) is 5.78 Å². The number of benzene rings is 2. The highest BCUT2D eigenvalue weighted by atomic mass is 32.1. The lowest BCUT2D eigenvalue weighted by molar-refractivity contribution is -0.132. The molecule has 0 saturated carbocycles. The third-order valence-corrected chi connectivity index (χ3v) is 7.45. The van der Waals surface area contributed by atoms with E-state index in [1.54, 1.807) is 25.1 Å². The first kappa shape index (κ1) is 25.3. The molecular formula is C28H23FN2O6S. The van der Waals surface area contributed by atoms with Crippen molar-refractivity contribution in [3.63, 3.8) is 0 Å². The molecule has 10 heteroatoms. The van der Waals surface area contributed by atoms with E-state index in [1.807, 2.05) is 6.92 Å². The van der Waals surface area contributed by atoms with Crippen molar-refractivity contribution in [2.75, 3.05) is 11.5 Å². The zero-order chi connectivity index (χ0) is 27.1. The molecule has 2 atom stereocenters. The van der Waals surface area contributed by atoms with Crippen LogP contribution < -0.4 is 9.64 Å². The number of carbonyl (C=O) groups is 3. The molecule has 8 nitrogen and oxygen atoms in total. The van der Waals surface area contributed by atoms with E-state index in [0.717, 1.165) is 21.8 Å². The van der Waals surface area contributed by atoms with Crippen LogP contribution in [-0.4, -0.2) is 40.5 Å². The summed E-state index contributed by atoms with van der Waals surface area (Å²) in [7, 11) is 0. The van der Waals surface area contributed by atoms with E-state index in [9.17, 15) is 23.9 Å². The maximum absolute atomic E-state index is 13.8. The van der Waals surface area contributed by atoms with Crippen molar-refractivity contribution in [1.82, 2.24) is 4.98 Å². The Hall–Kier alpha value is -4.31. The first-order valence-corrected chi connectivity index (χ1v) is 12.6. The number of aromatic nitrogens is 1. The lowest BCUT2D eigenvalue weighted by atomic mass is 9.94. The van der Waals surface area contributed by atoms with Gasteiger partial charge in [0, 0.05) is 12.0 Å². The molecule has 1 aromatic heterocycles. The van der Waals surface area contributed by atoms with Crippen LogP contribution in [0.4, 0.5) is 9.52 Å². The van der Waals surface area contributed by atoms with Crippen LogP contribution in [0.25, 0.3) is 5.76 Å². The van der Waals surface area contributed by atoms with Crippen LogP contribution in [0.3, 0.4) is 0 Å². The highest BCUT2D eigenvalue weighted by Crippen LogP contribution is 2.44. The van der Waals surface area contributed by atoms with Crippen molar-refractivity contribution < 1.29 is 33.4 Å². The summed E-state index contributed by atoms with van der Waals surface area (Å²) in [5.41, 5.74) is 1.74. The smallest absolute Gasteiger partial charge is 0.350 e. The summed E-state index contributed by atoms with van der Waals surface area (Å²) in [6, 6.07) is 9.22. The zero-order valence-corrected chi connectivity index (χ0v) is 21.4. The highest BCUT2D eigenvalue weighted by molar-refractivity contribution is 7.17. The lowest BCUT2D eigenvalue weighted by Gasteiger charge is -2.23. The number of fused-ring (bicyclic) bond motifs is 1. The molecule has 0 unspecified atom stereocenters. The number of carbonyl (C=O) groups excluding carboxylic acids is 3. The van der Waals surface area contributed by atoms with Gasteiger partial charge in [-0.3, -0.25) is 14.5 Å². The Bertz CT molecular complexity index is 1510. The van der Waals surface area contributed by atoms with Gasteiger partial charge in [-0.1, -0.05) is 36.1 Å². The quantitative estimate of drug-likeness (QED) is 0.158.